The summed E-state index contributed by atoms with van der Waals surface area (Å²) < 4.78 is 4.94. The second-order valence-corrected chi connectivity index (χ2v) is 4.34. The summed E-state index contributed by atoms with van der Waals surface area (Å²) in [7, 11) is 0. The lowest BCUT2D eigenvalue weighted by Gasteiger charge is -2.01. The van der Waals surface area contributed by atoms with Crippen LogP contribution in [0.4, 0.5) is 0 Å². The summed E-state index contributed by atoms with van der Waals surface area (Å²) in [6.45, 7) is 1.35. The predicted octanol–water partition coefficient (Wildman–Crippen LogP) is 3.01. The number of carbonyl (C=O) groups is 2. The normalized spacial score (nSPS) is 10.3. The van der Waals surface area contributed by atoms with Gasteiger partial charge in [0, 0.05) is 18.7 Å². The van der Waals surface area contributed by atoms with E-state index in [4.69, 9.17) is 4.74 Å². The van der Waals surface area contributed by atoms with Gasteiger partial charge in [-0.2, -0.15) is 0 Å². The minimum absolute atomic E-state index is 0.164. The van der Waals surface area contributed by atoms with Crippen LogP contribution in [0.15, 0.2) is 60.8 Å². The summed E-state index contributed by atoms with van der Waals surface area (Å²) in [5.74, 6) is -0.0234. The highest BCUT2D eigenvalue weighted by molar-refractivity contribution is 5.95. The van der Waals surface area contributed by atoms with Gasteiger partial charge in [-0.1, -0.05) is 30.3 Å². The van der Waals surface area contributed by atoms with E-state index in [1.165, 1.54) is 6.92 Å². The van der Waals surface area contributed by atoms with Crippen molar-refractivity contribution in [3.63, 3.8) is 0 Å². The van der Waals surface area contributed by atoms with E-state index < -0.39 is 0 Å². The lowest BCUT2D eigenvalue weighted by Crippen LogP contribution is -2.16. The van der Waals surface area contributed by atoms with Gasteiger partial charge < -0.3 is 10.1 Å². The van der Waals surface area contributed by atoms with Gasteiger partial charge in [-0.05, 0) is 35.9 Å². The first-order valence-corrected chi connectivity index (χ1v) is 6.46. The zero-order chi connectivity index (χ0) is 15.1. The maximum absolute atomic E-state index is 11.8. The van der Waals surface area contributed by atoms with Crippen molar-refractivity contribution in [1.82, 2.24) is 5.32 Å². The smallest absolute Gasteiger partial charge is 0.308 e. The highest BCUT2D eigenvalue weighted by Gasteiger charge is 2.00. The van der Waals surface area contributed by atoms with Crippen LogP contribution in [0.25, 0.3) is 6.08 Å². The third-order valence-corrected chi connectivity index (χ3v) is 2.67. The molecule has 0 radical (unpaired) electrons. The van der Waals surface area contributed by atoms with Crippen molar-refractivity contribution >= 4 is 18.0 Å². The van der Waals surface area contributed by atoms with Crippen LogP contribution in [0.2, 0.25) is 0 Å². The van der Waals surface area contributed by atoms with Crippen molar-refractivity contribution in [2.45, 2.75) is 6.92 Å². The fraction of sp³-hybridized carbons (Fsp3) is 0.0588. The quantitative estimate of drug-likeness (QED) is 0.692. The lowest BCUT2D eigenvalue weighted by molar-refractivity contribution is -0.131. The van der Waals surface area contributed by atoms with Gasteiger partial charge in [-0.25, -0.2) is 0 Å². The van der Waals surface area contributed by atoms with Crippen LogP contribution >= 0.6 is 0 Å². The van der Waals surface area contributed by atoms with E-state index in [1.54, 1.807) is 48.7 Å². The van der Waals surface area contributed by atoms with Crippen molar-refractivity contribution in [3.05, 3.63) is 71.9 Å². The minimum atomic E-state index is -0.353. The SMILES string of the molecule is CC(=O)Oc1ccc(/C=C/NC(=O)c2ccccc2)cc1. The van der Waals surface area contributed by atoms with Crippen molar-refractivity contribution in [1.29, 1.82) is 0 Å². The molecule has 2 aromatic rings. The molecule has 0 saturated heterocycles. The van der Waals surface area contributed by atoms with Crippen LogP contribution < -0.4 is 10.1 Å². The van der Waals surface area contributed by atoms with E-state index in [1.807, 2.05) is 18.2 Å². The molecule has 0 aromatic heterocycles. The maximum Gasteiger partial charge on any atom is 0.308 e. The van der Waals surface area contributed by atoms with Gasteiger partial charge in [0.25, 0.3) is 5.91 Å². The Balaban J connectivity index is 1.92. The van der Waals surface area contributed by atoms with Gasteiger partial charge in [0.1, 0.15) is 5.75 Å². The highest BCUT2D eigenvalue weighted by Crippen LogP contribution is 2.13. The Morgan fingerprint density at radius 1 is 1.00 bits per heavy atom. The van der Waals surface area contributed by atoms with E-state index in [0.717, 1.165) is 5.56 Å². The molecule has 2 rings (SSSR count). The molecule has 1 N–H and O–H groups in total. The summed E-state index contributed by atoms with van der Waals surface area (Å²) in [4.78, 5) is 22.6. The summed E-state index contributed by atoms with van der Waals surface area (Å²) >= 11 is 0. The van der Waals surface area contributed by atoms with Crippen molar-refractivity contribution in [2.75, 3.05) is 0 Å². The Kier molecular flexibility index (Phi) is 4.88. The van der Waals surface area contributed by atoms with Crippen LogP contribution in [-0.2, 0) is 4.79 Å². The Morgan fingerprint density at radius 2 is 1.67 bits per heavy atom. The zero-order valence-corrected chi connectivity index (χ0v) is 11.6. The molecule has 106 valence electrons. The minimum Gasteiger partial charge on any atom is -0.427 e. The molecule has 0 spiro atoms. The number of rotatable bonds is 4. The monoisotopic (exact) mass is 281 g/mol. The number of ether oxygens (including phenoxy) is 1. The third kappa shape index (κ3) is 4.62. The van der Waals surface area contributed by atoms with Crippen LogP contribution in [-0.4, -0.2) is 11.9 Å². The third-order valence-electron chi connectivity index (χ3n) is 2.67. The Hall–Kier alpha value is -2.88. The molecule has 0 atom stereocenters. The molecule has 0 aliphatic rings. The number of nitrogens with one attached hydrogen (secondary N) is 1. The molecule has 4 heteroatoms. The maximum atomic E-state index is 11.8. The Labute approximate surface area is 123 Å². The fourth-order valence-electron chi connectivity index (χ4n) is 1.70. The number of esters is 1. The first-order valence-electron chi connectivity index (χ1n) is 6.46. The van der Waals surface area contributed by atoms with Gasteiger partial charge in [0.05, 0.1) is 0 Å². The molecule has 2 aromatic carbocycles. The number of amides is 1. The average molecular weight is 281 g/mol. The number of hydrogen-bond acceptors (Lipinski definition) is 3. The summed E-state index contributed by atoms with van der Waals surface area (Å²) in [5.41, 5.74) is 1.49. The fourth-order valence-corrected chi connectivity index (χ4v) is 1.70. The standard InChI is InChI=1S/C17H15NO3/c1-13(19)21-16-9-7-14(8-10-16)11-12-18-17(20)15-5-3-2-4-6-15/h2-12H,1H3,(H,18,20)/b12-11+. The molecule has 1 amide bonds. The van der Waals surface area contributed by atoms with Crippen LogP contribution in [0, 0.1) is 0 Å². The number of hydrogen-bond donors (Lipinski definition) is 1. The first-order chi connectivity index (χ1) is 10.1. The van der Waals surface area contributed by atoms with Crippen molar-refractivity contribution in [2.24, 2.45) is 0 Å². The molecule has 0 bridgehead atoms. The molecular weight excluding hydrogens is 266 g/mol. The molecule has 4 nitrogen and oxygen atoms in total. The molecule has 0 unspecified atom stereocenters. The number of benzene rings is 2. The molecule has 0 aliphatic heterocycles. The summed E-state index contributed by atoms with van der Waals surface area (Å²) in [6.07, 6.45) is 3.34. The van der Waals surface area contributed by atoms with Crippen LogP contribution in [0.5, 0.6) is 5.75 Å². The van der Waals surface area contributed by atoms with Gasteiger partial charge >= 0.3 is 5.97 Å². The van der Waals surface area contributed by atoms with Gasteiger partial charge in [-0.15, -0.1) is 0 Å². The highest BCUT2D eigenvalue weighted by atomic mass is 16.5. The number of carbonyl (C=O) groups excluding carboxylic acids is 2. The van der Waals surface area contributed by atoms with Gasteiger partial charge in [0.2, 0.25) is 0 Å². The molecule has 0 heterocycles. The van der Waals surface area contributed by atoms with Gasteiger partial charge in [0.15, 0.2) is 0 Å². The molecule has 21 heavy (non-hydrogen) atoms. The molecule has 0 aliphatic carbocycles. The molecular formula is C17H15NO3. The second kappa shape index (κ2) is 7.05. The summed E-state index contributed by atoms with van der Waals surface area (Å²) in [5, 5.41) is 2.69. The van der Waals surface area contributed by atoms with Crippen LogP contribution in [0.3, 0.4) is 0 Å². The first kappa shape index (κ1) is 14.5. The van der Waals surface area contributed by atoms with E-state index in [9.17, 15) is 9.59 Å². The average Bonchev–Trinajstić information content (AvgIpc) is 2.49. The van der Waals surface area contributed by atoms with E-state index in [2.05, 4.69) is 5.32 Å². The van der Waals surface area contributed by atoms with E-state index >= 15 is 0 Å². The van der Waals surface area contributed by atoms with Gasteiger partial charge in [-0.3, -0.25) is 9.59 Å². The Bertz CT molecular complexity index is 645. The molecule has 0 fully saturated rings. The zero-order valence-electron chi connectivity index (χ0n) is 11.6. The van der Waals surface area contributed by atoms with Crippen LogP contribution in [0.1, 0.15) is 22.8 Å². The van der Waals surface area contributed by atoms with Crippen molar-refractivity contribution < 1.29 is 14.3 Å². The topological polar surface area (TPSA) is 55.4 Å². The summed E-state index contributed by atoms with van der Waals surface area (Å²) in [6, 6.07) is 16.0. The van der Waals surface area contributed by atoms with E-state index in [0.29, 0.717) is 11.3 Å². The Morgan fingerprint density at radius 3 is 2.29 bits per heavy atom. The largest absolute Gasteiger partial charge is 0.427 e. The second-order valence-electron chi connectivity index (χ2n) is 4.34. The molecule has 0 saturated carbocycles. The predicted molar refractivity (Wildman–Crippen MR) is 80.7 cm³/mol. The van der Waals surface area contributed by atoms with E-state index in [-0.39, 0.29) is 11.9 Å². The van der Waals surface area contributed by atoms with Crippen molar-refractivity contribution in [3.8, 4) is 5.75 Å². The lowest BCUT2D eigenvalue weighted by atomic mass is 10.2.